The smallest absolute Gasteiger partial charge is 0.338 e. The van der Waals surface area contributed by atoms with Crippen LogP contribution in [0.4, 0.5) is 0 Å². The molecule has 0 bridgehead atoms. The standard InChI is InChI=1S/C15H17N3O4S/c1-3-20-14(19)12-8(2)18(16)15(23)17-13(12)9-4-5-10-11(6-9)22-7-21-10/h4-6,13H,3,7,16H2,1-2H3,(H,17,23)/t13-/m1/s1. The van der Waals surface area contributed by atoms with E-state index in [1.54, 1.807) is 19.9 Å². The van der Waals surface area contributed by atoms with E-state index >= 15 is 0 Å². The van der Waals surface area contributed by atoms with Gasteiger partial charge in [0.1, 0.15) is 0 Å². The minimum Gasteiger partial charge on any atom is -0.463 e. The Morgan fingerprint density at radius 2 is 2.22 bits per heavy atom. The quantitative estimate of drug-likeness (QED) is 0.486. The van der Waals surface area contributed by atoms with Gasteiger partial charge in [0, 0.05) is 5.70 Å². The van der Waals surface area contributed by atoms with E-state index in [2.05, 4.69) is 5.32 Å². The molecule has 3 rings (SSSR count). The number of ether oxygens (including phenoxy) is 3. The van der Waals surface area contributed by atoms with Crippen LogP contribution in [0.25, 0.3) is 0 Å². The summed E-state index contributed by atoms with van der Waals surface area (Å²) in [6, 6.07) is 5.01. The molecule has 122 valence electrons. The Hall–Kier alpha value is -2.32. The summed E-state index contributed by atoms with van der Waals surface area (Å²) in [5.74, 6) is 6.77. The van der Waals surface area contributed by atoms with Crippen molar-refractivity contribution < 1.29 is 19.0 Å². The van der Waals surface area contributed by atoms with E-state index in [9.17, 15) is 4.79 Å². The lowest BCUT2D eigenvalue weighted by molar-refractivity contribution is -0.139. The molecule has 0 unspecified atom stereocenters. The number of hydrazine groups is 1. The minimum atomic E-state index is -0.462. The van der Waals surface area contributed by atoms with Gasteiger partial charge in [-0.1, -0.05) is 6.07 Å². The van der Waals surface area contributed by atoms with Crippen LogP contribution in [0.2, 0.25) is 0 Å². The summed E-state index contributed by atoms with van der Waals surface area (Å²) >= 11 is 5.23. The van der Waals surface area contributed by atoms with Gasteiger partial charge in [-0.15, -0.1) is 0 Å². The molecule has 2 heterocycles. The summed E-state index contributed by atoms with van der Waals surface area (Å²) in [4.78, 5) is 12.4. The Balaban J connectivity index is 2.04. The summed E-state index contributed by atoms with van der Waals surface area (Å²) < 4.78 is 15.9. The van der Waals surface area contributed by atoms with Crippen molar-refractivity contribution in [3.63, 3.8) is 0 Å². The average molecular weight is 335 g/mol. The van der Waals surface area contributed by atoms with Gasteiger partial charge in [-0.25, -0.2) is 10.6 Å². The lowest BCUT2D eigenvalue weighted by Gasteiger charge is -2.34. The van der Waals surface area contributed by atoms with Gasteiger partial charge in [-0.2, -0.15) is 0 Å². The molecule has 0 aromatic heterocycles. The number of rotatable bonds is 3. The zero-order chi connectivity index (χ0) is 16.6. The number of fused-ring (bicyclic) bond motifs is 1. The van der Waals surface area contributed by atoms with Crippen molar-refractivity contribution in [2.75, 3.05) is 13.4 Å². The van der Waals surface area contributed by atoms with Gasteiger partial charge in [0.25, 0.3) is 0 Å². The monoisotopic (exact) mass is 335 g/mol. The van der Waals surface area contributed by atoms with Crippen LogP contribution < -0.4 is 20.6 Å². The normalized spacial score (nSPS) is 19.7. The second-order valence-corrected chi connectivity index (χ2v) is 5.47. The number of carbonyl (C=O) groups excluding carboxylic acids is 1. The van der Waals surface area contributed by atoms with Gasteiger partial charge in [-0.05, 0) is 43.8 Å². The summed E-state index contributed by atoms with van der Waals surface area (Å²) in [5.41, 5.74) is 1.78. The van der Waals surface area contributed by atoms with Gasteiger partial charge in [0.15, 0.2) is 16.6 Å². The fourth-order valence-corrected chi connectivity index (χ4v) is 2.83. The predicted octanol–water partition coefficient (Wildman–Crippen LogP) is 1.36. The Labute approximate surface area is 138 Å². The molecule has 7 nitrogen and oxygen atoms in total. The molecule has 1 atom stereocenters. The first-order valence-corrected chi connectivity index (χ1v) is 7.56. The number of carbonyl (C=O) groups is 1. The molecule has 0 fully saturated rings. The van der Waals surface area contributed by atoms with Crippen LogP contribution in [0, 0.1) is 0 Å². The molecule has 0 saturated carbocycles. The number of nitrogens with one attached hydrogen (secondary N) is 1. The van der Waals surface area contributed by atoms with E-state index in [1.807, 2.05) is 12.1 Å². The number of benzene rings is 1. The third-order valence-corrected chi connectivity index (χ3v) is 4.07. The van der Waals surface area contributed by atoms with Crippen molar-refractivity contribution in [2.24, 2.45) is 5.84 Å². The van der Waals surface area contributed by atoms with Crippen molar-refractivity contribution in [2.45, 2.75) is 19.9 Å². The molecule has 8 heteroatoms. The number of nitrogens with zero attached hydrogens (tertiary/aromatic N) is 1. The molecule has 0 saturated heterocycles. The van der Waals surface area contributed by atoms with Crippen molar-refractivity contribution in [1.82, 2.24) is 10.3 Å². The summed E-state index contributed by atoms with van der Waals surface area (Å²) in [6.07, 6.45) is 0. The van der Waals surface area contributed by atoms with Crippen LogP contribution >= 0.6 is 12.2 Å². The predicted molar refractivity (Wildman–Crippen MR) is 86.4 cm³/mol. The molecule has 0 spiro atoms. The molecule has 2 aliphatic heterocycles. The molecule has 23 heavy (non-hydrogen) atoms. The molecule has 0 aliphatic carbocycles. The van der Waals surface area contributed by atoms with Gasteiger partial charge < -0.3 is 19.5 Å². The van der Waals surface area contributed by atoms with Gasteiger partial charge in [0.2, 0.25) is 6.79 Å². The first-order chi connectivity index (χ1) is 11.0. The van der Waals surface area contributed by atoms with Crippen molar-refractivity contribution in [3.05, 3.63) is 35.0 Å². The second-order valence-electron chi connectivity index (χ2n) is 5.08. The molecular formula is C15H17N3O4S. The first-order valence-electron chi connectivity index (χ1n) is 7.15. The van der Waals surface area contributed by atoms with Gasteiger partial charge in [0.05, 0.1) is 18.2 Å². The number of esters is 1. The summed E-state index contributed by atoms with van der Waals surface area (Å²) in [5, 5.41) is 4.67. The number of nitrogens with two attached hydrogens (primary N) is 1. The van der Waals surface area contributed by atoms with Crippen LogP contribution in [0.5, 0.6) is 11.5 Å². The van der Waals surface area contributed by atoms with Crippen molar-refractivity contribution >= 4 is 23.3 Å². The summed E-state index contributed by atoms with van der Waals surface area (Å²) in [7, 11) is 0. The number of hydrogen-bond acceptors (Lipinski definition) is 6. The van der Waals surface area contributed by atoms with E-state index in [1.165, 1.54) is 5.01 Å². The van der Waals surface area contributed by atoms with Crippen LogP contribution in [0.15, 0.2) is 29.5 Å². The topological polar surface area (TPSA) is 86.1 Å². The fraction of sp³-hybridized carbons (Fsp3) is 0.333. The van der Waals surface area contributed by atoms with Gasteiger partial charge in [-0.3, -0.25) is 5.01 Å². The lowest BCUT2D eigenvalue weighted by atomic mass is 9.95. The number of hydrogen-bond donors (Lipinski definition) is 2. The SMILES string of the molecule is CCOC(=O)C1=C(C)N(N)C(=S)N[C@@H]1c1ccc2c(c1)OCO2. The average Bonchev–Trinajstić information content (AvgIpc) is 2.99. The Kier molecular flexibility index (Phi) is 4.10. The van der Waals surface area contributed by atoms with E-state index in [-0.39, 0.29) is 13.4 Å². The number of thiocarbonyl (C=S) groups is 1. The zero-order valence-corrected chi connectivity index (χ0v) is 13.6. The highest BCUT2D eigenvalue weighted by Crippen LogP contribution is 2.37. The highest BCUT2D eigenvalue weighted by atomic mass is 32.1. The van der Waals surface area contributed by atoms with Gasteiger partial charge >= 0.3 is 5.97 Å². The largest absolute Gasteiger partial charge is 0.463 e. The first kappa shape index (κ1) is 15.6. The van der Waals surface area contributed by atoms with E-state index in [4.69, 9.17) is 32.3 Å². The maximum absolute atomic E-state index is 12.4. The molecular weight excluding hydrogens is 318 g/mol. The highest BCUT2D eigenvalue weighted by molar-refractivity contribution is 7.80. The maximum atomic E-state index is 12.4. The Morgan fingerprint density at radius 1 is 1.48 bits per heavy atom. The Morgan fingerprint density at radius 3 is 2.96 bits per heavy atom. The minimum absolute atomic E-state index is 0.186. The van der Waals surface area contributed by atoms with Crippen LogP contribution in [0.3, 0.4) is 0 Å². The van der Waals surface area contributed by atoms with E-state index in [0.717, 1.165) is 5.56 Å². The third kappa shape index (κ3) is 2.71. The second kappa shape index (κ2) is 6.05. The highest BCUT2D eigenvalue weighted by Gasteiger charge is 2.34. The van der Waals surface area contributed by atoms with Crippen LogP contribution in [-0.2, 0) is 9.53 Å². The van der Waals surface area contributed by atoms with Crippen molar-refractivity contribution in [3.8, 4) is 11.5 Å². The van der Waals surface area contributed by atoms with E-state index < -0.39 is 12.0 Å². The molecule has 1 aromatic carbocycles. The van der Waals surface area contributed by atoms with Crippen LogP contribution in [-0.4, -0.2) is 29.5 Å². The lowest BCUT2D eigenvalue weighted by Crippen LogP contribution is -2.50. The third-order valence-electron chi connectivity index (χ3n) is 3.75. The maximum Gasteiger partial charge on any atom is 0.338 e. The molecule has 2 aliphatic rings. The van der Waals surface area contributed by atoms with Crippen molar-refractivity contribution in [1.29, 1.82) is 0 Å². The van der Waals surface area contributed by atoms with Crippen LogP contribution in [0.1, 0.15) is 25.5 Å². The summed E-state index contributed by atoms with van der Waals surface area (Å²) in [6.45, 7) is 3.95. The number of allylic oxidation sites excluding steroid dienone is 1. The molecule has 1 aromatic rings. The zero-order valence-electron chi connectivity index (χ0n) is 12.8. The molecule has 0 radical (unpaired) electrons. The molecule has 3 N–H and O–H groups in total. The fourth-order valence-electron chi connectivity index (χ4n) is 2.57. The Bertz CT molecular complexity index is 704. The molecule has 0 amide bonds. The van der Waals surface area contributed by atoms with E-state index in [0.29, 0.717) is 27.9 Å².